The van der Waals surface area contributed by atoms with Gasteiger partial charge in [0.15, 0.2) is 0 Å². The van der Waals surface area contributed by atoms with Crippen molar-refractivity contribution in [2.24, 2.45) is 11.0 Å². The van der Waals surface area contributed by atoms with Crippen molar-refractivity contribution in [2.75, 3.05) is 5.32 Å². The van der Waals surface area contributed by atoms with E-state index in [4.69, 9.17) is 0 Å². The number of amides is 2. The van der Waals surface area contributed by atoms with Gasteiger partial charge in [-0.1, -0.05) is 37.5 Å². The van der Waals surface area contributed by atoms with Gasteiger partial charge in [0.2, 0.25) is 5.91 Å². The van der Waals surface area contributed by atoms with E-state index in [-0.39, 0.29) is 17.7 Å². The van der Waals surface area contributed by atoms with Crippen molar-refractivity contribution in [3.05, 3.63) is 59.9 Å². The Labute approximate surface area is 159 Å². The number of carbonyl (C=O) groups excluding carboxylic acids is 2. The molecule has 6 nitrogen and oxygen atoms in total. The number of hydrazone groups is 1. The van der Waals surface area contributed by atoms with Gasteiger partial charge in [-0.3, -0.25) is 14.6 Å². The number of hydrogen-bond acceptors (Lipinski definition) is 4. The molecular weight excluding hydrogens is 340 g/mol. The van der Waals surface area contributed by atoms with Crippen LogP contribution < -0.4 is 10.7 Å². The SMILES string of the molecule is C/C(=N/NC(=O)c1ccccn1)c1cccc(NC(=O)C2CCCCC2)c1. The fourth-order valence-electron chi connectivity index (χ4n) is 3.18. The highest BCUT2D eigenvalue weighted by Crippen LogP contribution is 2.25. The Morgan fingerprint density at radius 1 is 1.07 bits per heavy atom. The van der Waals surface area contributed by atoms with E-state index < -0.39 is 0 Å². The number of benzene rings is 1. The summed E-state index contributed by atoms with van der Waals surface area (Å²) in [4.78, 5) is 28.4. The Hall–Kier alpha value is -3.02. The molecule has 0 radical (unpaired) electrons. The molecule has 1 heterocycles. The maximum atomic E-state index is 12.4. The number of rotatable bonds is 5. The first kappa shape index (κ1) is 18.8. The Balaban J connectivity index is 1.63. The first-order valence-corrected chi connectivity index (χ1v) is 9.30. The van der Waals surface area contributed by atoms with Crippen molar-refractivity contribution < 1.29 is 9.59 Å². The van der Waals surface area contributed by atoms with Crippen LogP contribution in [0.1, 0.15) is 55.1 Å². The zero-order valence-electron chi connectivity index (χ0n) is 15.4. The standard InChI is InChI=1S/C21H24N4O2/c1-15(24-25-21(27)19-12-5-6-13-22-19)17-10-7-11-18(14-17)23-20(26)16-8-3-2-4-9-16/h5-7,10-14,16H,2-4,8-9H2,1H3,(H,23,26)(H,25,27)/b24-15-. The highest BCUT2D eigenvalue weighted by molar-refractivity contribution is 6.02. The van der Waals surface area contributed by atoms with Crippen LogP contribution in [0.5, 0.6) is 0 Å². The molecule has 6 heteroatoms. The fourth-order valence-corrected chi connectivity index (χ4v) is 3.18. The summed E-state index contributed by atoms with van der Waals surface area (Å²) >= 11 is 0. The normalized spacial score (nSPS) is 15.2. The third-order valence-electron chi connectivity index (χ3n) is 4.75. The van der Waals surface area contributed by atoms with E-state index in [0.29, 0.717) is 11.4 Å². The van der Waals surface area contributed by atoms with Gasteiger partial charge in [-0.2, -0.15) is 5.10 Å². The van der Waals surface area contributed by atoms with Crippen LogP contribution in [0.15, 0.2) is 53.8 Å². The molecule has 1 aromatic carbocycles. The number of anilines is 1. The van der Waals surface area contributed by atoms with Crippen molar-refractivity contribution >= 4 is 23.2 Å². The number of hydrogen-bond donors (Lipinski definition) is 2. The number of aromatic nitrogens is 1. The second-order valence-electron chi connectivity index (χ2n) is 6.76. The van der Waals surface area contributed by atoms with Crippen molar-refractivity contribution in [2.45, 2.75) is 39.0 Å². The lowest BCUT2D eigenvalue weighted by atomic mass is 9.88. The lowest BCUT2D eigenvalue weighted by molar-refractivity contribution is -0.120. The van der Waals surface area contributed by atoms with Crippen LogP contribution >= 0.6 is 0 Å². The summed E-state index contributed by atoms with van der Waals surface area (Å²) in [7, 11) is 0. The van der Waals surface area contributed by atoms with Gasteiger partial charge in [0.1, 0.15) is 5.69 Å². The van der Waals surface area contributed by atoms with E-state index in [1.807, 2.05) is 24.3 Å². The van der Waals surface area contributed by atoms with Crippen LogP contribution in [-0.4, -0.2) is 22.5 Å². The molecule has 0 unspecified atom stereocenters. The topological polar surface area (TPSA) is 83.4 Å². The summed E-state index contributed by atoms with van der Waals surface area (Å²) in [6, 6.07) is 12.6. The predicted molar refractivity (Wildman–Crippen MR) is 106 cm³/mol. The molecule has 0 saturated heterocycles. The van der Waals surface area contributed by atoms with Crippen LogP contribution in [0.25, 0.3) is 0 Å². The number of pyridine rings is 1. The zero-order valence-corrected chi connectivity index (χ0v) is 15.4. The summed E-state index contributed by atoms with van der Waals surface area (Å²) in [5.74, 6) is -0.170. The second kappa shape index (κ2) is 9.07. The minimum atomic E-state index is -0.364. The summed E-state index contributed by atoms with van der Waals surface area (Å²) in [6.07, 6.45) is 6.96. The fraction of sp³-hybridized carbons (Fsp3) is 0.333. The van der Waals surface area contributed by atoms with E-state index in [1.54, 1.807) is 31.3 Å². The highest BCUT2D eigenvalue weighted by Gasteiger charge is 2.21. The largest absolute Gasteiger partial charge is 0.326 e. The van der Waals surface area contributed by atoms with Gasteiger partial charge >= 0.3 is 0 Å². The van der Waals surface area contributed by atoms with Gasteiger partial charge < -0.3 is 5.32 Å². The Morgan fingerprint density at radius 3 is 2.63 bits per heavy atom. The van der Waals surface area contributed by atoms with Crippen LogP contribution in [0, 0.1) is 5.92 Å². The predicted octanol–water partition coefficient (Wildman–Crippen LogP) is 3.75. The summed E-state index contributed by atoms with van der Waals surface area (Å²) in [5.41, 5.74) is 5.04. The van der Waals surface area contributed by atoms with E-state index in [0.717, 1.165) is 36.9 Å². The monoisotopic (exact) mass is 364 g/mol. The average molecular weight is 364 g/mol. The van der Waals surface area contributed by atoms with Gasteiger partial charge in [0.05, 0.1) is 5.71 Å². The number of nitrogens with one attached hydrogen (secondary N) is 2. The second-order valence-corrected chi connectivity index (χ2v) is 6.76. The molecule has 3 rings (SSSR count). The molecule has 2 amide bonds. The first-order valence-electron chi connectivity index (χ1n) is 9.30. The maximum absolute atomic E-state index is 12.4. The first-order chi connectivity index (χ1) is 13.1. The average Bonchev–Trinajstić information content (AvgIpc) is 2.73. The van der Waals surface area contributed by atoms with E-state index in [1.165, 1.54) is 6.42 Å². The summed E-state index contributed by atoms with van der Waals surface area (Å²) in [5, 5.41) is 7.15. The summed E-state index contributed by atoms with van der Waals surface area (Å²) in [6.45, 7) is 1.81. The lowest BCUT2D eigenvalue weighted by Gasteiger charge is -2.20. The van der Waals surface area contributed by atoms with Gasteiger partial charge in [0, 0.05) is 17.8 Å². The molecule has 0 aliphatic heterocycles. The van der Waals surface area contributed by atoms with Gasteiger partial charge in [0.25, 0.3) is 5.91 Å². The molecule has 0 bridgehead atoms. The molecule has 1 fully saturated rings. The minimum absolute atomic E-state index is 0.0879. The maximum Gasteiger partial charge on any atom is 0.289 e. The molecule has 0 spiro atoms. The molecule has 0 atom stereocenters. The van der Waals surface area contributed by atoms with Crippen molar-refractivity contribution in [1.29, 1.82) is 0 Å². The van der Waals surface area contributed by atoms with Gasteiger partial charge in [-0.05, 0) is 49.6 Å². The van der Waals surface area contributed by atoms with E-state index in [9.17, 15) is 9.59 Å². The van der Waals surface area contributed by atoms with Crippen LogP contribution in [0.2, 0.25) is 0 Å². The molecule has 1 saturated carbocycles. The van der Waals surface area contributed by atoms with Crippen LogP contribution in [0.3, 0.4) is 0 Å². The third-order valence-corrected chi connectivity index (χ3v) is 4.75. The van der Waals surface area contributed by atoms with Gasteiger partial charge in [-0.15, -0.1) is 0 Å². The summed E-state index contributed by atoms with van der Waals surface area (Å²) < 4.78 is 0. The molecule has 2 N–H and O–H groups in total. The molecule has 1 aliphatic carbocycles. The number of carbonyl (C=O) groups is 2. The van der Waals surface area contributed by atoms with E-state index in [2.05, 4.69) is 20.8 Å². The van der Waals surface area contributed by atoms with Gasteiger partial charge in [-0.25, -0.2) is 5.43 Å². The smallest absolute Gasteiger partial charge is 0.289 e. The molecule has 27 heavy (non-hydrogen) atoms. The quantitative estimate of drug-likeness (QED) is 0.626. The molecular formula is C21H24N4O2. The Bertz CT molecular complexity index is 827. The Morgan fingerprint density at radius 2 is 1.89 bits per heavy atom. The minimum Gasteiger partial charge on any atom is -0.326 e. The molecule has 2 aromatic rings. The highest BCUT2D eigenvalue weighted by atomic mass is 16.2. The van der Waals surface area contributed by atoms with Crippen LogP contribution in [-0.2, 0) is 4.79 Å². The zero-order chi connectivity index (χ0) is 19.1. The molecule has 1 aromatic heterocycles. The lowest BCUT2D eigenvalue weighted by Crippen LogP contribution is -2.24. The van der Waals surface area contributed by atoms with Crippen molar-refractivity contribution in [3.63, 3.8) is 0 Å². The molecule has 1 aliphatic rings. The Kier molecular flexibility index (Phi) is 6.30. The molecule has 140 valence electrons. The van der Waals surface area contributed by atoms with E-state index >= 15 is 0 Å². The van der Waals surface area contributed by atoms with Crippen molar-refractivity contribution in [3.8, 4) is 0 Å². The third kappa shape index (κ3) is 5.23. The number of nitrogens with zero attached hydrogens (tertiary/aromatic N) is 2. The van der Waals surface area contributed by atoms with Crippen molar-refractivity contribution in [1.82, 2.24) is 10.4 Å². The van der Waals surface area contributed by atoms with Crippen LogP contribution in [0.4, 0.5) is 5.69 Å².